The number of para-hydroxylation sites is 2. The highest BCUT2D eigenvalue weighted by molar-refractivity contribution is 6.30. The van der Waals surface area contributed by atoms with Gasteiger partial charge in [0.25, 0.3) is 0 Å². The minimum atomic E-state index is -0.445. The highest BCUT2D eigenvalue weighted by atomic mass is 14.9. The summed E-state index contributed by atoms with van der Waals surface area (Å²) >= 11 is 0. The van der Waals surface area contributed by atoms with Crippen LogP contribution in [-0.4, -0.2) is 0 Å². The van der Waals surface area contributed by atoms with E-state index in [4.69, 9.17) is 0 Å². The molecule has 0 radical (unpaired) electrons. The Balaban J connectivity index is 1.09. The lowest BCUT2D eigenvalue weighted by molar-refractivity contribution is 0.445. The predicted molar refractivity (Wildman–Crippen MR) is 284 cm³/mol. The van der Waals surface area contributed by atoms with Gasteiger partial charge in [0, 0.05) is 33.4 Å². The fourth-order valence-corrected chi connectivity index (χ4v) is 13.1. The third-order valence-electron chi connectivity index (χ3n) is 16.1. The van der Waals surface area contributed by atoms with Crippen LogP contribution in [0.5, 0.6) is 0 Å². The maximum atomic E-state index is 4.15. The normalized spacial score (nSPS) is 16.1. The van der Waals surface area contributed by atoms with E-state index in [1.54, 1.807) is 0 Å². The van der Waals surface area contributed by atoms with Gasteiger partial charge in [0.15, 0.2) is 0 Å². The summed E-state index contributed by atoms with van der Waals surface area (Å²) in [6.07, 6.45) is 12.7. The Labute approximate surface area is 395 Å². The second-order valence-corrected chi connectivity index (χ2v) is 19.7. The molecule has 0 amide bonds. The molecule has 3 aliphatic rings. The van der Waals surface area contributed by atoms with Gasteiger partial charge in [-0.1, -0.05) is 202 Å². The number of hydrogen-bond acceptors (Lipinski definition) is 2. The molecule has 0 bridgehead atoms. The van der Waals surface area contributed by atoms with Gasteiger partial charge in [-0.05, 0) is 139 Å². The molecule has 0 saturated heterocycles. The molecule has 2 saturated carbocycles. The summed E-state index contributed by atoms with van der Waals surface area (Å²) in [5.41, 5.74) is 17.8. The van der Waals surface area contributed by atoms with Crippen molar-refractivity contribution in [3.63, 3.8) is 0 Å². The van der Waals surface area contributed by atoms with Gasteiger partial charge in [0.05, 0.1) is 11.1 Å². The van der Waals surface area contributed by atoms with E-state index in [2.05, 4.69) is 205 Å². The smallest absolute Gasteiger partial charge is 0.0713 e. The molecule has 0 atom stereocenters. The van der Waals surface area contributed by atoms with Crippen molar-refractivity contribution in [2.45, 2.75) is 81.5 Å². The van der Waals surface area contributed by atoms with E-state index >= 15 is 0 Å². The van der Waals surface area contributed by atoms with Gasteiger partial charge in [0.1, 0.15) is 0 Å². The van der Waals surface area contributed by atoms with E-state index in [1.165, 1.54) is 164 Å². The molecule has 67 heavy (non-hydrogen) atoms. The Morgan fingerprint density at radius 3 is 1.52 bits per heavy atom. The van der Waals surface area contributed by atoms with Crippen LogP contribution in [0, 0.1) is 0 Å². The Hall–Kier alpha value is -7.16. The summed E-state index contributed by atoms with van der Waals surface area (Å²) in [4.78, 5) is 0. The van der Waals surface area contributed by atoms with E-state index in [1.807, 2.05) is 0 Å². The maximum Gasteiger partial charge on any atom is 0.0713 e. The van der Waals surface area contributed by atoms with E-state index in [9.17, 15) is 0 Å². The number of anilines is 4. The number of rotatable bonds is 9. The largest absolute Gasteiger partial charge is 0.355 e. The first-order valence-electron chi connectivity index (χ1n) is 25.1. The maximum absolute atomic E-state index is 4.15. The quantitative estimate of drug-likeness (QED) is 0.141. The Bertz CT molecular complexity index is 3350. The van der Waals surface area contributed by atoms with Crippen molar-refractivity contribution in [1.82, 2.24) is 0 Å². The Morgan fingerprint density at radius 1 is 0.388 bits per heavy atom. The van der Waals surface area contributed by atoms with Crippen LogP contribution in [0.3, 0.4) is 0 Å². The van der Waals surface area contributed by atoms with Gasteiger partial charge < -0.3 is 10.6 Å². The summed E-state index contributed by atoms with van der Waals surface area (Å²) in [6, 6.07) is 73.3. The van der Waals surface area contributed by atoms with Crippen LogP contribution in [0.15, 0.2) is 194 Å². The first-order valence-corrected chi connectivity index (χ1v) is 25.1. The molecule has 0 aromatic heterocycles. The van der Waals surface area contributed by atoms with Crippen LogP contribution < -0.4 is 10.6 Å². The molecule has 3 aliphatic carbocycles. The molecule has 0 unspecified atom stereocenters. The Kier molecular flexibility index (Phi) is 9.96. The van der Waals surface area contributed by atoms with Crippen LogP contribution in [0.25, 0.3) is 54.6 Å². The van der Waals surface area contributed by atoms with Crippen molar-refractivity contribution in [3.8, 4) is 22.3 Å². The summed E-state index contributed by atoms with van der Waals surface area (Å²) < 4.78 is 0. The van der Waals surface area contributed by atoms with Crippen molar-refractivity contribution in [2.75, 3.05) is 10.6 Å². The molecule has 0 aliphatic heterocycles. The number of hydrogen-bond donors (Lipinski definition) is 2. The summed E-state index contributed by atoms with van der Waals surface area (Å²) in [7, 11) is 0. The SMILES string of the molecule is c1ccc(Nc2cc(C3CCCCC3)c3ccc4c(Nc5ccccc5)c(-c5ccc(C6(c7ccccc7)c7ccccc7-c7ccccc76)cc5)c(C5CCCCC5)c5ccc2c3c45)cc1. The molecular weight excluding hydrogens is 809 g/mol. The second kappa shape index (κ2) is 16.6. The molecule has 2 nitrogen and oxygen atoms in total. The minimum Gasteiger partial charge on any atom is -0.355 e. The van der Waals surface area contributed by atoms with E-state index in [0.29, 0.717) is 11.8 Å². The lowest BCUT2D eigenvalue weighted by Gasteiger charge is -2.34. The fourth-order valence-electron chi connectivity index (χ4n) is 13.1. The molecule has 13 rings (SSSR count). The molecule has 0 heterocycles. The number of nitrogens with one attached hydrogen (secondary N) is 2. The van der Waals surface area contributed by atoms with Crippen molar-refractivity contribution in [1.29, 1.82) is 0 Å². The minimum absolute atomic E-state index is 0.445. The van der Waals surface area contributed by atoms with Crippen molar-refractivity contribution < 1.29 is 0 Å². The third-order valence-corrected chi connectivity index (χ3v) is 16.1. The molecule has 2 fully saturated rings. The number of fused-ring (bicyclic) bond motifs is 3. The van der Waals surface area contributed by atoms with E-state index in [0.717, 1.165) is 11.4 Å². The van der Waals surface area contributed by atoms with E-state index < -0.39 is 5.41 Å². The molecule has 0 spiro atoms. The van der Waals surface area contributed by atoms with Gasteiger partial charge in [-0.3, -0.25) is 0 Å². The van der Waals surface area contributed by atoms with Gasteiger partial charge in [0.2, 0.25) is 0 Å². The zero-order chi connectivity index (χ0) is 44.3. The lowest BCUT2D eigenvalue weighted by Crippen LogP contribution is -2.28. The van der Waals surface area contributed by atoms with Crippen LogP contribution in [0.4, 0.5) is 22.7 Å². The molecule has 326 valence electrons. The standard InChI is InChI=1S/C65H56N2/c1-6-20-43(21-7-1)56-42-59(66-48-26-12-4-13-27-48)53-39-40-54-60(44-22-8-2-9-23-44)61(64(67-49-28-14-5-15-29-49)55-41-38-52(56)62(53)63(54)55)45-34-36-47(37-35-45)65(46-24-10-3-11-25-46)57-32-18-16-30-50(57)51-31-17-19-33-58(51)65/h3-5,10-19,24-44,66-67H,1-2,6-9,20-23H2. The van der Waals surface area contributed by atoms with Gasteiger partial charge in [-0.25, -0.2) is 0 Å². The fraction of sp³-hybridized carbons (Fsp3) is 0.200. The van der Waals surface area contributed by atoms with Gasteiger partial charge in [-0.15, -0.1) is 0 Å². The zero-order valence-corrected chi connectivity index (χ0v) is 38.2. The van der Waals surface area contributed by atoms with Crippen molar-refractivity contribution >= 4 is 55.1 Å². The van der Waals surface area contributed by atoms with Crippen LogP contribution in [0.2, 0.25) is 0 Å². The van der Waals surface area contributed by atoms with Crippen molar-refractivity contribution in [3.05, 3.63) is 228 Å². The zero-order valence-electron chi connectivity index (χ0n) is 38.2. The number of benzene rings is 10. The molecule has 2 N–H and O–H groups in total. The predicted octanol–water partition coefficient (Wildman–Crippen LogP) is 18.2. The summed E-state index contributed by atoms with van der Waals surface area (Å²) in [6.45, 7) is 0. The van der Waals surface area contributed by atoms with E-state index in [-0.39, 0.29) is 0 Å². The molecule has 10 aromatic carbocycles. The molecule has 2 heteroatoms. The highest BCUT2D eigenvalue weighted by Gasteiger charge is 2.46. The summed E-state index contributed by atoms with van der Waals surface area (Å²) in [5.74, 6) is 1.01. The monoisotopic (exact) mass is 864 g/mol. The average Bonchev–Trinajstić information content (AvgIpc) is 3.71. The van der Waals surface area contributed by atoms with Crippen LogP contribution in [-0.2, 0) is 5.41 Å². The lowest BCUT2D eigenvalue weighted by atomic mass is 9.67. The highest BCUT2D eigenvalue weighted by Crippen LogP contribution is 2.58. The third kappa shape index (κ3) is 6.51. The first-order chi connectivity index (χ1) is 33.3. The van der Waals surface area contributed by atoms with Crippen LogP contribution in [0.1, 0.15) is 109 Å². The van der Waals surface area contributed by atoms with Crippen molar-refractivity contribution in [2.24, 2.45) is 0 Å². The van der Waals surface area contributed by atoms with Gasteiger partial charge in [-0.2, -0.15) is 0 Å². The topological polar surface area (TPSA) is 24.1 Å². The summed E-state index contributed by atoms with van der Waals surface area (Å²) in [5, 5.41) is 16.4. The molecular formula is C65H56N2. The molecule has 10 aromatic rings. The second-order valence-electron chi connectivity index (χ2n) is 19.7. The first kappa shape index (κ1) is 40.1. The Morgan fingerprint density at radius 2 is 0.881 bits per heavy atom. The van der Waals surface area contributed by atoms with Crippen LogP contribution >= 0.6 is 0 Å². The van der Waals surface area contributed by atoms with Gasteiger partial charge >= 0.3 is 0 Å². The average molecular weight is 865 g/mol.